The summed E-state index contributed by atoms with van der Waals surface area (Å²) in [5.41, 5.74) is 3.95. The van der Waals surface area contributed by atoms with E-state index in [0.717, 1.165) is 27.1 Å². The van der Waals surface area contributed by atoms with E-state index in [1.807, 2.05) is 62.5 Å². The predicted octanol–water partition coefficient (Wildman–Crippen LogP) is 4.22. The van der Waals surface area contributed by atoms with Crippen LogP contribution in [0.3, 0.4) is 0 Å². The molecule has 124 valence electrons. The average Bonchev–Trinajstić information content (AvgIpc) is 2.91. The Labute approximate surface area is 150 Å². The maximum Gasteiger partial charge on any atom is 0.220 e. The number of carbonyl (C=O) groups excluding carboxylic acids is 1. The predicted molar refractivity (Wildman–Crippen MR) is 99.9 cm³/mol. The van der Waals surface area contributed by atoms with Gasteiger partial charge < -0.3 is 9.72 Å². The number of aromatic nitrogens is 2. The molecular weight excluding hydrogens is 366 g/mol. The van der Waals surface area contributed by atoms with Gasteiger partial charge >= 0.3 is 0 Å². The Balaban J connectivity index is 1.96. The Morgan fingerprint density at radius 2 is 1.96 bits per heavy atom. The summed E-state index contributed by atoms with van der Waals surface area (Å²) < 4.78 is 3.10. The van der Waals surface area contributed by atoms with Crippen LogP contribution >= 0.6 is 15.9 Å². The number of carbonyl (C=O) groups is 1. The van der Waals surface area contributed by atoms with Gasteiger partial charge in [-0.15, -0.1) is 0 Å². The molecular formula is C19H20BrN3O. The van der Waals surface area contributed by atoms with Crippen molar-refractivity contribution in [2.75, 3.05) is 0 Å². The van der Waals surface area contributed by atoms with Crippen LogP contribution in [0.15, 0.2) is 53.1 Å². The van der Waals surface area contributed by atoms with Crippen molar-refractivity contribution in [1.82, 2.24) is 14.7 Å². The van der Waals surface area contributed by atoms with Gasteiger partial charge in [0, 0.05) is 28.7 Å². The number of nitrogens with one attached hydrogen (secondary N) is 1. The molecule has 24 heavy (non-hydrogen) atoms. The molecule has 1 aromatic carbocycles. The van der Waals surface area contributed by atoms with Gasteiger partial charge in [0.05, 0.1) is 11.4 Å². The number of amides is 1. The first-order valence-corrected chi connectivity index (χ1v) is 8.85. The molecule has 0 aliphatic carbocycles. The van der Waals surface area contributed by atoms with Crippen LogP contribution in [-0.4, -0.2) is 21.3 Å². The summed E-state index contributed by atoms with van der Waals surface area (Å²) in [6.07, 6.45) is 3.10. The highest BCUT2D eigenvalue weighted by atomic mass is 79.9. The van der Waals surface area contributed by atoms with E-state index in [2.05, 4.69) is 25.6 Å². The van der Waals surface area contributed by atoms with E-state index < -0.39 is 0 Å². The second-order valence-corrected chi connectivity index (χ2v) is 6.98. The lowest BCUT2D eigenvalue weighted by atomic mass is 10.1. The Morgan fingerprint density at radius 1 is 1.21 bits per heavy atom. The largest absolute Gasteiger partial charge is 0.354 e. The molecule has 0 saturated carbocycles. The second kappa shape index (κ2) is 7.18. The minimum absolute atomic E-state index is 0.0673. The van der Waals surface area contributed by atoms with Gasteiger partial charge in [-0.3, -0.25) is 4.79 Å². The van der Waals surface area contributed by atoms with Crippen molar-refractivity contribution < 1.29 is 4.79 Å². The summed E-state index contributed by atoms with van der Waals surface area (Å²) >= 11 is 3.47. The van der Waals surface area contributed by atoms with Crippen molar-refractivity contribution in [2.45, 2.75) is 32.7 Å². The SMILES string of the molecule is CC(C)NC(=O)CCc1c(-c2ccc(Br)cc2)nc2ccccn12. The maximum atomic E-state index is 12.0. The first-order chi connectivity index (χ1) is 11.5. The molecule has 0 radical (unpaired) electrons. The lowest BCUT2D eigenvalue weighted by molar-refractivity contribution is -0.121. The summed E-state index contributed by atoms with van der Waals surface area (Å²) in [5.74, 6) is 0.0673. The summed E-state index contributed by atoms with van der Waals surface area (Å²) in [6.45, 7) is 3.94. The molecule has 5 heteroatoms. The maximum absolute atomic E-state index is 12.0. The van der Waals surface area contributed by atoms with Crippen molar-refractivity contribution in [2.24, 2.45) is 0 Å². The van der Waals surface area contributed by atoms with Crippen LogP contribution in [0.5, 0.6) is 0 Å². The molecule has 0 bridgehead atoms. The lowest BCUT2D eigenvalue weighted by Crippen LogP contribution is -2.30. The summed E-state index contributed by atoms with van der Waals surface area (Å²) in [6, 6.07) is 14.2. The van der Waals surface area contributed by atoms with Crippen molar-refractivity contribution in [3.63, 3.8) is 0 Å². The highest BCUT2D eigenvalue weighted by molar-refractivity contribution is 9.10. The molecule has 2 heterocycles. The third kappa shape index (κ3) is 3.67. The Bertz CT molecular complexity index is 853. The Kier molecular flexibility index (Phi) is 5.00. The summed E-state index contributed by atoms with van der Waals surface area (Å²) in [7, 11) is 0. The number of nitrogens with zero attached hydrogens (tertiary/aromatic N) is 2. The second-order valence-electron chi connectivity index (χ2n) is 6.07. The summed E-state index contributed by atoms with van der Waals surface area (Å²) in [4.78, 5) is 16.8. The van der Waals surface area contributed by atoms with Gasteiger partial charge in [0.1, 0.15) is 5.65 Å². The first kappa shape index (κ1) is 16.7. The Hall–Kier alpha value is -2.14. The number of aryl methyl sites for hydroxylation is 1. The van der Waals surface area contributed by atoms with E-state index in [1.165, 1.54) is 0 Å². The lowest BCUT2D eigenvalue weighted by Gasteiger charge is -2.09. The standard InChI is InChI=1S/C19H20BrN3O/c1-13(2)21-18(24)11-10-16-19(14-6-8-15(20)9-7-14)22-17-5-3-4-12-23(16)17/h3-9,12-13H,10-11H2,1-2H3,(H,21,24). The van der Waals surface area contributed by atoms with Crippen molar-refractivity contribution >= 4 is 27.5 Å². The van der Waals surface area contributed by atoms with Gasteiger partial charge in [0.2, 0.25) is 5.91 Å². The van der Waals surface area contributed by atoms with Crippen molar-refractivity contribution in [3.05, 3.63) is 58.8 Å². The number of rotatable bonds is 5. The van der Waals surface area contributed by atoms with E-state index >= 15 is 0 Å². The molecule has 3 rings (SSSR count). The van der Waals surface area contributed by atoms with Gasteiger partial charge in [-0.25, -0.2) is 4.98 Å². The van der Waals surface area contributed by atoms with E-state index in [-0.39, 0.29) is 11.9 Å². The minimum atomic E-state index is 0.0673. The molecule has 0 unspecified atom stereocenters. The van der Waals surface area contributed by atoms with Gasteiger partial charge in [0.25, 0.3) is 0 Å². The van der Waals surface area contributed by atoms with Gasteiger partial charge in [0.15, 0.2) is 0 Å². The van der Waals surface area contributed by atoms with Crippen molar-refractivity contribution in [1.29, 1.82) is 0 Å². The van der Waals surface area contributed by atoms with E-state index in [4.69, 9.17) is 4.98 Å². The van der Waals surface area contributed by atoms with Crippen LogP contribution in [0.1, 0.15) is 26.0 Å². The van der Waals surface area contributed by atoms with Crippen LogP contribution in [0.4, 0.5) is 0 Å². The molecule has 0 atom stereocenters. The zero-order valence-electron chi connectivity index (χ0n) is 13.8. The van der Waals surface area contributed by atoms with Gasteiger partial charge in [-0.2, -0.15) is 0 Å². The number of halogens is 1. The molecule has 0 aliphatic rings. The van der Waals surface area contributed by atoms with Gasteiger partial charge in [-0.05, 0) is 44.5 Å². The minimum Gasteiger partial charge on any atom is -0.354 e. The fourth-order valence-corrected chi connectivity index (χ4v) is 3.01. The van der Waals surface area contributed by atoms with E-state index in [0.29, 0.717) is 12.8 Å². The van der Waals surface area contributed by atoms with Crippen LogP contribution in [0.25, 0.3) is 16.9 Å². The molecule has 0 saturated heterocycles. The molecule has 2 aromatic heterocycles. The molecule has 1 amide bonds. The Morgan fingerprint density at radius 3 is 2.67 bits per heavy atom. The third-order valence-electron chi connectivity index (χ3n) is 3.79. The number of pyridine rings is 1. The third-order valence-corrected chi connectivity index (χ3v) is 4.31. The normalized spacial score (nSPS) is 11.2. The fraction of sp³-hybridized carbons (Fsp3) is 0.263. The van der Waals surface area contributed by atoms with Crippen LogP contribution in [0, 0.1) is 0 Å². The molecule has 0 fully saturated rings. The van der Waals surface area contributed by atoms with Crippen molar-refractivity contribution in [3.8, 4) is 11.3 Å². The zero-order chi connectivity index (χ0) is 17.1. The summed E-state index contributed by atoms with van der Waals surface area (Å²) in [5, 5.41) is 2.95. The number of fused-ring (bicyclic) bond motifs is 1. The number of benzene rings is 1. The highest BCUT2D eigenvalue weighted by Gasteiger charge is 2.15. The van der Waals surface area contributed by atoms with Crippen LogP contribution in [-0.2, 0) is 11.2 Å². The van der Waals surface area contributed by atoms with Crippen LogP contribution < -0.4 is 5.32 Å². The molecule has 3 aromatic rings. The van der Waals surface area contributed by atoms with E-state index in [1.54, 1.807) is 0 Å². The monoisotopic (exact) mass is 385 g/mol. The topological polar surface area (TPSA) is 46.4 Å². The number of hydrogen-bond acceptors (Lipinski definition) is 2. The fourth-order valence-electron chi connectivity index (χ4n) is 2.75. The quantitative estimate of drug-likeness (QED) is 0.714. The van der Waals surface area contributed by atoms with Gasteiger partial charge in [-0.1, -0.05) is 34.1 Å². The number of hydrogen-bond donors (Lipinski definition) is 1. The molecule has 0 spiro atoms. The first-order valence-electron chi connectivity index (χ1n) is 8.06. The number of imidazole rings is 1. The molecule has 4 nitrogen and oxygen atoms in total. The van der Waals surface area contributed by atoms with E-state index in [9.17, 15) is 4.79 Å². The smallest absolute Gasteiger partial charge is 0.220 e. The molecule has 0 aliphatic heterocycles. The molecule has 1 N–H and O–H groups in total. The van der Waals surface area contributed by atoms with Crippen LogP contribution in [0.2, 0.25) is 0 Å². The zero-order valence-corrected chi connectivity index (χ0v) is 15.4. The highest BCUT2D eigenvalue weighted by Crippen LogP contribution is 2.26. The average molecular weight is 386 g/mol.